The van der Waals surface area contributed by atoms with Crippen molar-refractivity contribution in [3.63, 3.8) is 0 Å². The number of piperidine rings is 1. The number of carbonyl (C=O) groups excluding carboxylic acids is 3. The molecule has 1 spiro atoms. The molecule has 3 aliphatic rings. The molecule has 1 N–H and O–H groups in total. The summed E-state index contributed by atoms with van der Waals surface area (Å²) in [6.07, 6.45) is 0.828. The number of rotatable bonds is 2. The van der Waals surface area contributed by atoms with Crippen molar-refractivity contribution in [2.24, 2.45) is 0 Å². The number of hydrogen-bond acceptors (Lipinski definition) is 5. The first kappa shape index (κ1) is 16.7. The second-order valence-electron chi connectivity index (χ2n) is 7.14. The van der Waals surface area contributed by atoms with E-state index in [4.69, 9.17) is 9.47 Å². The van der Waals surface area contributed by atoms with E-state index in [9.17, 15) is 14.4 Å². The smallest absolute Gasteiger partial charge is 0.325 e. The lowest BCUT2D eigenvalue weighted by Crippen LogP contribution is -2.56. The molecule has 0 aromatic heterocycles. The van der Waals surface area contributed by atoms with Gasteiger partial charge in [0.15, 0.2) is 11.5 Å². The van der Waals surface area contributed by atoms with Crippen LogP contribution in [-0.4, -0.2) is 59.1 Å². The van der Waals surface area contributed by atoms with Gasteiger partial charge >= 0.3 is 6.03 Å². The lowest BCUT2D eigenvalue weighted by molar-refractivity contribution is -0.133. The van der Waals surface area contributed by atoms with Crippen LogP contribution in [0.3, 0.4) is 0 Å². The van der Waals surface area contributed by atoms with Crippen molar-refractivity contribution in [3.8, 4) is 11.5 Å². The van der Waals surface area contributed by atoms with Gasteiger partial charge in [-0.15, -0.1) is 0 Å². The van der Waals surface area contributed by atoms with Crippen LogP contribution in [0.1, 0.15) is 37.0 Å². The number of imide groups is 1. The van der Waals surface area contributed by atoms with E-state index < -0.39 is 5.54 Å². The van der Waals surface area contributed by atoms with Gasteiger partial charge < -0.3 is 19.7 Å². The molecule has 8 nitrogen and oxygen atoms in total. The fraction of sp³-hybridized carbons (Fsp3) is 0.500. The van der Waals surface area contributed by atoms with E-state index >= 15 is 0 Å². The van der Waals surface area contributed by atoms with Crippen LogP contribution < -0.4 is 14.8 Å². The molecule has 138 valence electrons. The third-order valence-corrected chi connectivity index (χ3v) is 5.23. The Labute approximate surface area is 151 Å². The molecule has 1 aromatic carbocycles. The highest BCUT2D eigenvalue weighted by atomic mass is 16.7. The number of fused-ring (bicyclic) bond motifs is 1. The Kier molecular flexibility index (Phi) is 3.78. The zero-order valence-electron chi connectivity index (χ0n) is 14.8. The Morgan fingerprint density at radius 2 is 1.85 bits per heavy atom. The summed E-state index contributed by atoms with van der Waals surface area (Å²) in [5.74, 6) is 0.894. The van der Waals surface area contributed by atoms with Crippen LogP contribution in [0.25, 0.3) is 0 Å². The molecule has 3 aliphatic heterocycles. The third kappa shape index (κ3) is 2.48. The lowest BCUT2D eigenvalue weighted by Gasteiger charge is -2.37. The minimum absolute atomic E-state index is 0.115. The van der Waals surface area contributed by atoms with Crippen LogP contribution in [0.5, 0.6) is 11.5 Å². The van der Waals surface area contributed by atoms with Gasteiger partial charge in [0.1, 0.15) is 5.54 Å². The minimum atomic E-state index is -0.882. The molecule has 0 unspecified atom stereocenters. The Morgan fingerprint density at radius 3 is 2.50 bits per heavy atom. The molecular formula is C18H21N3O5. The fourth-order valence-corrected chi connectivity index (χ4v) is 3.75. The second kappa shape index (κ2) is 5.89. The van der Waals surface area contributed by atoms with Crippen LogP contribution in [0.15, 0.2) is 18.2 Å². The van der Waals surface area contributed by atoms with Gasteiger partial charge in [-0.1, -0.05) is 0 Å². The van der Waals surface area contributed by atoms with Gasteiger partial charge in [0.2, 0.25) is 6.79 Å². The molecule has 4 rings (SSSR count). The Morgan fingerprint density at radius 1 is 1.15 bits per heavy atom. The first-order valence-electron chi connectivity index (χ1n) is 8.76. The highest BCUT2D eigenvalue weighted by Gasteiger charge is 2.53. The van der Waals surface area contributed by atoms with Crippen molar-refractivity contribution in [2.75, 3.05) is 19.9 Å². The van der Waals surface area contributed by atoms with Gasteiger partial charge in [-0.05, 0) is 44.9 Å². The summed E-state index contributed by atoms with van der Waals surface area (Å²) in [4.78, 5) is 40.6. The van der Waals surface area contributed by atoms with Gasteiger partial charge in [-0.25, -0.2) is 4.79 Å². The Hall–Kier alpha value is -2.77. The number of nitrogens with one attached hydrogen (secondary N) is 1. The van der Waals surface area contributed by atoms with Crippen LogP contribution in [0, 0.1) is 0 Å². The maximum atomic E-state index is 12.8. The predicted octanol–water partition coefficient (Wildman–Crippen LogP) is 1.35. The molecule has 8 heteroatoms. The zero-order chi connectivity index (χ0) is 18.5. The average Bonchev–Trinajstić information content (AvgIpc) is 3.17. The summed E-state index contributed by atoms with van der Waals surface area (Å²) in [5.41, 5.74) is -0.358. The molecular weight excluding hydrogens is 338 g/mol. The molecule has 0 saturated carbocycles. The molecule has 26 heavy (non-hydrogen) atoms. The third-order valence-electron chi connectivity index (χ3n) is 5.23. The van der Waals surface area contributed by atoms with E-state index in [1.165, 1.54) is 4.90 Å². The monoisotopic (exact) mass is 359 g/mol. The van der Waals surface area contributed by atoms with Crippen molar-refractivity contribution >= 4 is 17.8 Å². The van der Waals surface area contributed by atoms with Crippen molar-refractivity contribution in [1.82, 2.24) is 15.1 Å². The van der Waals surface area contributed by atoms with Gasteiger partial charge in [0.25, 0.3) is 11.8 Å². The minimum Gasteiger partial charge on any atom is -0.454 e. The number of benzene rings is 1. The van der Waals surface area contributed by atoms with Crippen LogP contribution in [-0.2, 0) is 4.79 Å². The predicted molar refractivity (Wildman–Crippen MR) is 90.9 cm³/mol. The van der Waals surface area contributed by atoms with Crippen LogP contribution >= 0.6 is 0 Å². The van der Waals surface area contributed by atoms with Crippen LogP contribution in [0.4, 0.5) is 4.79 Å². The van der Waals surface area contributed by atoms with E-state index in [2.05, 4.69) is 5.32 Å². The summed E-state index contributed by atoms with van der Waals surface area (Å²) < 4.78 is 10.6. The number of nitrogens with zero attached hydrogens (tertiary/aromatic N) is 2. The molecule has 0 aliphatic carbocycles. The maximum Gasteiger partial charge on any atom is 0.325 e. The topological polar surface area (TPSA) is 88.2 Å². The molecule has 0 atom stereocenters. The summed E-state index contributed by atoms with van der Waals surface area (Å²) in [7, 11) is 0. The molecule has 0 radical (unpaired) electrons. The van der Waals surface area contributed by atoms with Gasteiger partial charge in [-0.3, -0.25) is 14.5 Å². The number of urea groups is 1. The Bertz CT molecular complexity index is 783. The standard InChI is InChI=1S/C18H21N3O5/c1-11(2)21-16(23)18(19-17(21)24)5-7-20(8-6-18)15(22)12-3-4-13-14(9-12)26-10-25-13/h3-4,9,11H,5-8,10H2,1-2H3,(H,19,24). The Balaban J connectivity index is 1.46. The largest absolute Gasteiger partial charge is 0.454 e. The molecule has 0 bridgehead atoms. The van der Waals surface area contributed by atoms with Crippen molar-refractivity contribution in [3.05, 3.63) is 23.8 Å². The SMILES string of the molecule is CC(C)N1C(=O)NC2(CCN(C(=O)c3ccc4c(c3)OCO4)CC2)C1=O. The van der Waals surface area contributed by atoms with Gasteiger partial charge in [-0.2, -0.15) is 0 Å². The normalized spacial score (nSPS) is 20.9. The molecule has 4 amide bonds. The molecule has 2 fully saturated rings. The number of hydrogen-bond donors (Lipinski definition) is 1. The van der Waals surface area contributed by atoms with E-state index in [1.54, 1.807) is 23.1 Å². The highest BCUT2D eigenvalue weighted by Crippen LogP contribution is 2.34. The van der Waals surface area contributed by atoms with Crippen molar-refractivity contribution < 1.29 is 23.9 Å². The second-order valence-corrected chi connectivity index (χ2v) is 7.14. The first-order chi connectivity index (χ1) is 12.4. The number of amides is 4. The van der Waals surface area contributed by atoms with E-state index in [1.807, 2.05) is 13.8 Å². The van der Waals surface area contributed by atoms with E-state index in [0.29, 0.717) is 43.0 Å². The summed E-state index contributed by atoms with van der Waals surface area (Å²) in [5, 5.41) is 2.85. The van der Waals surface area contributed by atoms with E-state index in [0.717, 1.165) is 0 Å². The summed E-state index contributed by atoms with van der Waals surface area (Å²) in [6.45, 7) is 4.60. The van der Waals surface area contributed by atoms with E-state index in [-0.39, 0.29) is 30.7 Å². The first-order valence-corrected chi connectivity index (χ1v) is 8.76. The number of carbonyl (C=O) groups is 3. The van der Waals surface area contributed by atoms with Crippen LogP contribution in [0.2, 0.25) is 0 Å². The molecule has 1 aromatic rings. The average molecular weight is 359 g/mol. The van der Waals surface area contributed by atoms with Crippen molar-refractivity contribution in [2.45, 2.75) is 38.3 Å². The number of likely N-dealkylation sites (tertiary alicyclic amines) is 1. The van der Waals surface area contributed by atoms with Gasteiger partial charge in [0, 0.05) is 24.7 Å². The van der Waals surface area contributed by atoms with Crippen molar-refractivity contribution in [1.29, 1.82) is 0 Å². The quantitative estimate of drug-likeness (QED) is 0.806. The molecule has 3 heterocycles. The summed E-state index contributed by atoms with van der Waals surface area (Å²) in [6, 6.07) is 4.58. The van der Waals surface area contributed by atoms with Gasteiger partial charge in [0.05, 0.1) is 0 Å². The zero-order valence-corrected chi connectivity index (χ0v) is 14.8. The maximum absolute atomic E-state index is 12.8. The summed E-state index contributed by atoms with van der Waals surface area (Å²) >= 11 is 0. The number of ether oxygens (including phenoxy) is 2. The highest BCUT2D eigenvalue weighted by molar-refractivity contribution is 6.07. The molecule has 2 saturated heterocycles. The lowest BCUT2D eigenvalue weighted by atomic mass is 9.87. The fourth-order valence-electron chi connectivity index (χ4n) is 3.75.